The first-order valence-corrected chi connectivity index (χ1v) is 6.43. The van der Waals surface area contributed by atoms with Crippen molar-refractivity contribution in [2.45, 2.75) is 26.3 Å². The van der Waals surface area contributed by atoms with Crippen molar-refractivity contribution < 1.29 is 8.78 Å². The lowest BCUT2D eigenvalue weighted by Gasteiger charge is -2.21. The molecule has 0 aliphatic heterocycles. The molecule has 0 radical (unpaired) electrons. The Morgan fingerprint density at radius 2 is 1.82 bits per heavy atom. The Morgan fingerprint density at radius 1 is 1.18 bits per heavy atom. The average molecular weight is 262 g/mol. The summed E-state index contributed by atoms with van der Waals surface area (Å²) in [5.74, 6) is -0.498. The zero-order valence-corrected chi connectivity index (χ0v) is 10.8. The summed E-state index contributed by atoms with van der Waals surface area (Å²) in [6.07, 6.45) is 2.06. The summed E-state index contributed by atoms with van der Waals surface area (Å²) in [5.41, 5.74) is 0.133. The fourth-order valence-electron chi connectivity index (χ4n) is 1.68. The Kier molecular flexibility index (Phi) is 6.45. The summed E-state index contributed by atoms with van der Waals surface area (Å²) < 4.78 is 26.9. The number of nitrogens with zero attached hydrogens (tertiary/aromatic N) is 1. The van der Waals surface area contributed by atoms with Gasteiger partial charge in [0.25, 0.3) is 0 Å². The van der Waals surface area contributed by atoms with Gasteiger partial charge >= 0.3 is 0 Å². The second kappa shape index (κ2) is 7.62. The van der Waals surface area contributed by atoms with Gasteiger partial charge in [-0.25, -0.2) is 8.78 Å². The molecule has 1 aromatic rings. The van der Waals surface area contributed by atoms with Crippen molar-refractivity contribution in [3.05, 3.63) is 35.4 Å². The SMILES string of the molecule is CCCCN(CCCl)Cc1c(F)cccc1F. The highest BCUT2D eigenvalue weighted by Crippen LogP contribution is 2.15. The Morgan fingerprint density at radius 3 is 2.35 bits per heavy atom. The van der Waals surface area contributed by atoms with Crippen LogP contribution in [-0.4, -0.2) is 23.9 Å². The average Bonchev–Trinajstić information content (AvgIpc) is 2.31. The molecule has 1 aromatic carbocycles. The summed E-state index contributed by atoms with van der Waals surface area (Å²) in [6, 6.07) is 3.96. The minimum Gasteiger partial charge on any atom is -0.298 e. The third kappa shape index (κ3) is 4.60. The van der Waals surface area contributed by atoms with E-state index in [4.69, 9.17) is 11.6 Å². The highest BCUT2D eigenvalue weighted by molar-refractivity contribution is 6.18. The number of rotatable bonds is 7. The van der Waals surface area contributed by atoms with Gasteiger partial charge in [-0.15, -0.1) is 11.6 Å². The molecule has 4 heteroatoms. The molecule has 0 fully saturated rings. The van der Waals surface area contributed by atoms with Gasteiger partial charge in [0.15, 0.2) is 0 Å². The van der Waals surface area contributed by atoms with Gasteiger partial charge in [0.05, 0.1) is 0 Å². The van der Waals surface area contributed by atoms with Gasteiger partial charge in [-0.1, -0.05) is 19.4 Å². The standard InChI is InChI=1S/C13H18ClF2N/c1-2-3-8-17(9-7-14)10-11-12(15)5-4-6-13(11)16/h4-6H,2-3,7-10H2,1H3. The lowest BCUT2D eigenvalue weighted by Crippen LogP contribution is -2.27. The highest BCUT2D eigenvalue weighted by Gasteiger charge is 2.12. The fourth-order valence-corrected chi connectivity index (χ4v) is 1.92. The molecule has 0 aliphatic carbocycles. The Labute approximate surface area is 106 Å². The molecule has 0 aromatic heterocycles. The van der Waals surface area contributed by atoms with Gasteiger partial charge < -0.3 is 0 Å². The second-order valence-corrected chi connectivity index (χ2v) is 4.40. The van der Waals surface area contributed by atoms with Crippen LogP contribution in [0, 0.1) is 11.6 Å². The quantitative estimate of drug-likeness (QED) is 0.675. The Hall–Kier alpha value is -0.670. The summed E-state index contributed by atoms with van der Waals surface area (Å²) in [4.78, 5) is 1.98. The number of unbranched alkanes of at least 4 members (excludes halogenated alkanes) is 1. The van der Waals surface area contributed by atoms with Crippen LogP contribution in [0.25, 0.3) is 0 Å². The van der Waals surface area contributed by atoms with E-state index in [9.17, 15) is 8.78 Å². The van der Waals surface area contributed by atoms with Gasteiger partial charge in [-0.05, 0) is 25.1 Å². The summed E-state index contributed by atoms with van der Waals surface area (Å²) >= 11 is 5.69. The maximum absolute atomic E-state index is 13.5. The maximum atomic E-state index is 13.5. The van der Waals surface area contributed by atoms with Crippen molar-refractivity contribution in [1.82, 2.24) is 4.90 Å². The number of alkyl halides is 1. The molecule has 0 amide bonds. The van der Waals surface area contributed by atoms with E-state index in [0.29, 0.717) is 12.4 Å². The minimum absolute atomic E-state index is 0.133. The van der Waals surface area contributed by atoms with E-state index in [0.717, 1.165) is 19.4 Å². The van der Waals surface area contributed by atoms with Crippen LogP contribution in [0.5, 0.6) is 0 Å². The first-order chi connectivity index (χ1) is 8.19. The van der Waals surface area contributed by atoms with E-state index in [1.807, 2.05) is 4.90 Å². The Balaban J connectivity index is 2.70. The predicted molar refractivity (Wildman–Crippen MR) is 67.3 cm³/mol. The molecule has 96 valence electrons. The predicted octanol–water partition coefficient (Wildman–Crippen LogP) is 3.81. The van der Waals surface area contributed by atoms with Gasteiger partial charge in [-0.2, -0.15) is 0 Å². The molecular weight excluding hydrogens is 244 g/mol. The van der Waals surface area contributed by atoms with E-state index >= 15 is 0 Å². The van der Waals surface area contributed by atoms with Crippen LogP contribution >= 0.6 is 11.6 Å². The molecule has 0 saturated carbocycles. The number of benzene rings is 1. The van der Waals surface area contributed by atoms with Gasteiger partial charge in [-0.3, -0.25) is 4.90 Å². The fraction of sp³-hybridized carbons (Fsp3) is 0.538. The van der Waals surface area contributed by atoms with Gasteiger partial charge in [0.1, 0.15) is 11.6 Å². The van der Waals surface area contributed by atoms with Crippen LogP contribution in [0.15, 0.2) is 18.2 Å². The zero-order valence-electron chi connectivity index (χ0n) is 10.1. The van der Waals surface area contributed by atoms with Gasteiger partial charge in [0, 0.05) is 24.5 Å². The zero-order chi connectivity index (χ0) is 12.7. The van der Waals surface area contributed by atoms with Crippen molar-refractivity contribution in [1.29, 1.82) is 0 Å². The van der Waals surface area contributed by atoms with E-state index in [2.05, 4.69) is 6.92 Å². The van der Waals surface area contributed by atoms with E-state index in [1.54, 1.807) is 0 Å². The van der Waals surface area contributed by atoms with Crippen molar-refractivity contribution in [2.24, 2.45) is 0 Å². The van der Waals surface area contributed by atoms with Crippen molar-refractivity contribution in [3.63, 3.8) is 0 Å². The second-order valence-electron chi connectivity index (χ2n) is 4.02. The molecule has 0 N–H and O–H groups in total. The third-order valence-electron chi connectivity index (χ3n) is 2.67. The Bertz CT molecular complexity index is 324. The molecule has 0 bridgehead atoms. The van der Waals surface area contributed by atoms with Crippen molar-refractivity contribution >= 4 is 11.6 Å². The topological polar surface area (TPSA) is 3.24 Å². The monoisotopic (exact) mass is 261 g/mol. The first-order valence-electron chi connectivity index (χ1n) is 5.90. The van der Waals surface area contributed by atoms with Crippen LogP contribution in [0.2, 0.25) is 0 Å². The first kappa shape index (κ1) is 14.4. The van der Waals surface area contributed by atoms with Crippen LogP contribution in [-0.2, 0) is 6.54 Å². The van der Waals surface area contributed by atoms with Crippen LogP contribution in [0.3, 0.4) is 0 Å². The lowest BCUT2D eigenvalue weighted by molar-refractivity contribution is 0.268. The molecular formula is C13H18ClF2N. The van der Waals surface area contributed by atoms with Crippen LogP contribution < -0.4 is 0 Å². The summed E-state index contributed by atoms with van der Waals surface area (Å²) in [5, 5.41) is 0. The molecule has 0 saturated heterocycles. The van der Waals surface area contributed by atoms with Gasteiger partial charge in [0.2, 0.25) is 0 Å². The molecule has 1 nitrogen and oxygen atoms in total. The smallest absolute Gasteiger partial charge is 0.130 e. The van der Waals surface area contributed by atoms with E-state index < -0.39 is 11.6 Å². The molecule has 0 heterocycles. The van der Waals surface area contributed by atoms with Crippen LogP contribution in [0.1, 0.15) is 25.3 Å². The maximum Gasteiger partial charge on any atom is 0.130 e. The lowest BCUT2D eigenvalue weighted by atomic mass is 10.1. The molecule has 17 heavy (non-hydrogen) atoms. The molecule has 0 aliphatic rings. The summed E-state index contributed by atoms with van der Waals surface area (Å²) in [7, 11) is 0. The number of halogens is 3. The highest BCUT2D eigenvalue weighted by atomic mass is 35.5. The molecule has 0 spiro atoms. The molecule has 0 atom stereocenters. The largest absolute Gasteiger partial charge is 0.298 e. The molecule has 0 unspecified atom stereocenters. The molecule has 1 rings (SSSR count). The summed E-state index contributed by atoms with van der Waals surface area (Å²) in [6.45, 7) is 3.83. The third-order valence-corrected chi connectivity index (χ3v) is 2.84. The van der Waals surface area contributed by atoms with E-state index in [-0.39, 0.29) is 12.1 Å². The van der Waals surface area contributed by atoms with E-state index in [1.165, 1.54) is 18.2 Å². The minimum atomic E-state index is -0.485. The van der Waals surface area contributed by atoms with Crippen LogP contribution in [0.4, 0.5) is 8.78 Å². The van der Waals surface area contributed by atoms with Crippen molar-refractivity contribution in [3.8, 4) is 0 Å². The normalized spacial score (nSPS) is 11.1. The number of hydrogen-bond donors (Lipinski definition) is 0. The number of hydrogen-bond acceptors (Lipinski definition) is 1. The van der Waals surface area contributed by atoms with Crippen molar-refractivity contribution in [2.75, 3.05) is 19.0 Å².